The molecule has 1 aromatic heterocycles. The van der Waals surface area contributed by atoms with Crippen molar-refractivity contribution in [2.45, 2.75) is 13.8 Å². The van der Waals surface area contributed by atoms with E-state index < -0.39 is 0 Å². The van der Waals surface area contributed by atoms with Crippen molar-refractivity contribution in [2.24, 2.45) is 7.05 Å². The molecule has 0 atom stereocenters. The SMILES string of the molecule is CNc1cc(-c2cc(C)ccc2C)n(C)n1. The van der Waals surface area contributed by atoms with E-state index in [1.54, 1.807) is 0 Å². The van der Waals surface area contributed by atoms with Crippen molar-refractivity contribution in [1.29, 1.82) is 0 Å². The first kappa shape index (κ1) is 10.7. The summed E-state index contributed by atoms with van der Waals surface area (Å²) in [5.74, 6) is 0.901. The molecule has 3 nitrogen and oxygen atoms in total. The summed E-state index contributed by atoms with van der Waals surface area (Å²) in [6, 6.07) is 8.55. The Bertz CT molecular complexity index is 512. The standard InChI is InChI=1S/C13H17N3/c1-9-5-6-10(2)11(7-9)12-8-13(14-3)15-16(12)4/h5-8H,1-4H3,(H,14,15). The molecule has 0 amide bonds. The van der Waals surface area contributed by atoms with Crippen molar-refractivity contribution in [3.8, 4) is 11.3 Å². The predicted octanol–water partition coefficient (Wildman–Crippen LogP) is 2.75. The molecule has 0 bridgehead atoms. The van der Waals surface area contributed by atoms with E-state index in [9.17, 15) is 0 Å². The van der Waals surface area contributed by atoms with Gasteiger partial charge in [0.05, 0.1) is 5.69 Å². The molecule has 0 aliphatic rings. The summed E-state index contributed by atoms with van der Waals surface area (Å²) in [4.78, 5) is 0. The fourth-order valence-electron chi connectivity index (χ4n) is 1.85. The van der Waals surface area contributed by atoms with Gasteiger partial charge in [-0.25, -0.2) is 0 Å². The van der Waals surface area contributed by atoms with Crippen LogP contribution in [0.15, 0.2) is 24.3 Å². The first-order valence-electron chi connectivity index (χ1n) is 5.41. The molecule has 0 saturated carbocycles. The zero-order valence-corrected chi connectivity index (χ0v) is 10.2. The van der Waals surface area contributed by atoms with Gasteiger partial charge in [0.1, 0.15) is 5.82 Å². The van der Waals surface area contributed by atoms with E-state index in [1.807, 2.05) is 18.8 Å². The van der Waals surface area contributed by atoms with Crippen LogP contribution in [0.1, 0.15) is 11.1 Å². The van der Waals surface area contributed by atoms with Crippen molar-refractivity contribution < 1.29 is 0 Å². The lowest BCUT2D eigenvalue weighted by Gasteiger charge is -2.06. The van der Waals surface area contributed by atoms with E-state index in [2.05, 4.69) is 48.5 Å². The number of hydrogen-bond donors (Lipinski definition) is 1. The molecular formula is C13H17N3. The van der Waals surface area contributed by atoms with Gasteiger partial charge >= 0.3 is 0 Å². The number of rotatable bonds is 2. The van der Waals surface area contributed by atoms with Crippen LogP contribution in [-0.4, -0.2) is 16.8 Å². The third-order valence-electron chi connectivity index (χ3n) is 2.80. The van der Waals surface area contributed by atoms with Crippen molar-refractivity contribution in [2.75, 3.05) is 12.4 Å². The first-order valence-corrected chi connectivity index (χ1v) is 5.41. The molecule has 0 aliphatic heterocycles. The van der Waals surface area contributed by atoms with E-state index in [1.165, 1.54) is 16.7 Å². The zero-order chi connectivity index (χ0) is 11.7. The van der Waals surface area contributed by atoms with Crippen molar-refractivity contribution in [3.05, 3.63) is 35.4 Å². The van der Waals surface area contributed by atoms with E-state index in [-0.39, 0.29) is 0 Å². The van der Waals surface area contributed by atoms with Crippen LogP contribution in [0, 0.1) is 13.8 Å². The van der Waals surface area contributed by atoms with E-state index >= 15 is 0 Å². The van der Waals surface area contributed by atoms with Crippen LogP contribution in [0.5, 0.6) is 0 Å². The minimum atomic E-state index is 0.901. The summed E-state index contributed by atoms with van der Waals surface area (Å²) in [5.41, 5.74) is 4.94. The van der Waals surface area contributed by atoms with Crippen molar-refractivity contribution >= 4 is 5.82 Å². The minimum absolute atomic E-state index is 0.901. The molecule has 1 N–H and O–H groups in total. The quantitative estimate of drug-likeness (QED) is 0.834. The normalized spacial score (nSPS) is 10.5. The molecule has 0 unspecified atom stereocenters. The second kappa shape index (κ2) is 4.00. The molecule has 0 fully saturated rings. The Morgan fingerprint density at radius 3 is 2.56 bits per heavy atom. The molecule has 0 radical (unpaired) electrons. The molecule has 1 heterocycles. The average molecular weight is 215 g/mol. The molecule has 2 aromatic rings. The number of anilines is 1. The summed E-state index contributed by atoms with van der Waals surface area (Å²) >= 11 is 0. The van der Waals surface area contributed by atoms with Crippen LogP contribution in [0.25, 0.3) is 11.3 Å². The average Bonchev–Trinajstić information content (AvgIpc) is 2.63. The van der Waals surface area contributed by atoms with E-state index in [4.69, 9.17) is 0 Å². The summed E-state index contributed by atoms with van der Waals surface area (Å²) < 4.78 is 1.91. The number of aromatic nitrogens is 2. The Labute approximate surface area is 96.1 Å². The molecular weight excluding hydrogens is 198 g/mol. The van der Waals surface area contributed by atoms with Gasteiger partial charge in [-0.3, -0.25) is 4.68 Å². The lowest BCUT2D eigenvalue weighted by molar-refractivity contribution is 0.778. The van der Waals surface area contributed by atoms with E-state index in [0.29, 0.717) is 0 Å². The van der Waals surface area contributed by atoms with Gasteiger partial charge in [0, 0.05) is 25.7 Å². The molecule has 0 saturated heterocycles. The second-order valence-electron chi connectivity index (χ2n) is 4.11. The Morgan fingerprint density at radius 2 is 1.94 bits per heavy atom. The molecule has 1 aromatic carbocycles. The highest BCUT2D eigenvalue weighted by Crippen LogP contribution is 2.26. The fourth-order valence-corrected chi connectivity index (χ4v) is 1.85. The molecule has 0 aliphatic carbocycles. The van der Waals surface area contributed by atoms with Crippen LogP contribution in [0.2, 0.25) is 0 Å². The largest absolute Gasteiger partial charge is 0.372 e. The van der Waals surface area contributed by atoms with Crippen molar-refractivity contribution in [3.63, 3.8) is 0 Å². The van der Waals surface area contributed by atoms with Gasteiger partial charge in [-0.15, -0.1) is 0 Å². The highest BCUT2D eigenvalue weighted by molar-refractivity contribution is 5.67. The van der Waals surface area contributed by atoms with Crippen LogP contribution in [0.3, 0.4) is 0 Å². The predicted molar refractivity (Wildman–Crippen MR) is 67.7 cm³/mol. The summed E-state index contributed by atoms with van der Waals surface area (Å²) in [6.45, 7) is 4.24. The first-order chi connectivity index (χ1) is 7.61. The molecule has 2 rings (SSSR count). The van der Waals surface area contributed by atoms with Gasteiger partial charge in [-0.05, 0) is 25.5 Å². The molecule has 0 spiro atoms. The third-order valence-corrected chi connectivity index (χ3v) is 2.80. The monoisotopic (exact) mass is 215 g/mol. The molecule has 3 heteroatoms. The minimum Gasteiger partial charge on any atom is -0.372 e. The van der Waals surface area contributed by atoms with Crippen LogP contribution < -0.4 is 5.32 Å². The summed E-state index contributed by atoms with van der Waals surface area (Å²) in [7, 11) is 3.85. The number of benzene rings is 1. The highest BCUT2D eigenvalue weighted by Gasteiger charge is 2.08. The van der Waals surface area contributed by atoms with Crippen LogP contribution in [0.4, 0.5) is 5.82 Å². The van der Waals surface area contributed by atoms with Crippen LogP contribution in [-0.2, 0) is 7.05 Å². The molecule has 16 heavy (non-hydrogen) atoms. The lowest BCUT2D eigenvalue weighted by atomic mass is 10.0. The number of nitrogens with zero attached hydrogens (tertiary/aromatic N) is 2. The second-order valence-corrected chi connectivity index (χ2v) is 4.11. The molecule has 84 valence electrons. The maximum absolute atomic E-state index is 4.38. The van der Waals surface area contributed by atoms with Gasteiger partial charge in [0.25, 0.3) is 0 Å². The Kier molecular flexibility index (Phi) is 2.69. The Morgan fingerprint density at radius 1 is 1.19 bits per heavy atom. The van der Waals surface area contributed by atoms with Gasteiger partial charge in [-0.2, -0.15) is 5.10 Å². The van der Waals surface area contributed by atoms with Gasteiger partial charge < -0.3 is 5.32 Å². The summed E-state index contributed by atoms with van der Waals surface area (Å²) in [6.07, 6.45) is 0. The smallest absolute Gasteiger partial charge is 0.148 e. The zero-order valence-electron chi connectivity index (χ0n) is 10.2. The van der Waals surface area contributed by atoms with Crippen molar-refractivity contribution in [1.82, 2.24) is 9.78 Å². The number of nitrogens with one attached hydrogen (secondary N) is 1. The number of hydrogen-bond acceptors (Lipinski definition) is 2. The maximum atomic E-state index is 4.38. The van der Waals surface area contributed by atoms with E-state index in [0.717, 1.165) is 11.5 Å². The van der Waals surface area contributed by atoms with Gasteiger partial charge in [0.15, 0.2) is 0 Å². The fraction of sp³-hybridized carbons (Fsp3) is 0.308. The highest BCUT2D eigenvalue weighted by atomic mass is 15.3. The lowest BCUT2D eigenvalue weighted by Crippen LogP contribution is -1.96. The Hall–Kier alpha value is -1.77. The topological polar surface area (TPSA) is 29.9 Å². The maximum Gasteiger partial charge on any atom is 0.148 e. The summed E-state index contributed by atoms with van der Waals surface area (Å²) in [5, 5.41) is 7.44. The van der Waals surface area contributed by atoms with Crippen LogP contribution >= 0.6 is 0 Å². The van der Waals surface area contributed by atoms with Gasteiger partial charge in [0.2, 0.25) is 0 Å². The third kappa shape index (κ3) is 1.81. The Balaban J connectivity index is 2.57. The van der Waals surface area contributed by atoms with Gasteiger partial charge in [-0.1, -0.05) is 17.7 Å². The number of aryl methyl sites for hydroxylation is 3.